The van der Waals surface area contributed by atoms with E-state index in [1.165, 1.54) is 0 Å². The lowest BCUT2D eigenvalue weighted by atomic mass is 10.1. The summed E-state index contributed by atoms with van der Waals surface area (Å²) in [5.41, 5.74) is -0.473. The number of hydrogen-bond donors (Lipinski definition) is 0. The second-order valence-corrected chi connectivity index (χ2v) is 7.06. The molecular formula is C15H21BrN2O3. The number of hydrogen-bond acceptors (Lipinski definition) is 4. The van der Waals surface area contributed by atoms with Gasteiger partial charge in [-0.05, 0) is 55.6 Å². The van der Waals surface area contributed by atoms with E-state index < -0.39 is 5.60 Å². The summed E-state index contributed by atoms with van der Waals surface area (Å²) in [4.78, 5) is 17.9. The second kappa shape index (κ2) is 6.64. The van der Waals surface area contributed by atoms with Crippen molar-refractivity contribution in [3.8, 4) is 5.75 Å². The quantitative estimate of drug-likeness (QED) is 0.811. The molecule has 0 bridgehead atoms. The van der Waals surface area contributed by atoms with Crippen molar-refractivity contribution in [2.24, 2.45) is 0 Å². The van der Waals surface area contributed by atoms with Crippen LogP contribution in [0.15, 0.2) is 22.9 Å². The largest absolute Gasteiger partial charge is 0.487 e. The van der Waals surface area contributed by atoms with E-state index in [-0.39, 0.29) is 12.2 Å². The van der Waals surface area contributed by atoms with Crippen LogP contribution in [-0.4, -0.2) is 40.8 Å². The summed E-state index contributed by atoms with van der Waals surface area (Å²) in [5.74, 6) is 0.709. The summed E-state index contributed by atoms with van der Waals surface area (Å²) in [6.07, 6.45) is 4.92. The van der Waals surface area contributed by atoms with Gasteiger partial charge >= 0.3 is 6.09 Å². The van der Waals surface area contributed by atoms with Crippen LogP contribution >= 0.6 is 15.9 Å². The fraction of sp³-hybridized carbons (Fsp3) is 0.600. The molecule has 0 N–H and O–H groups in total. The first-order chi connectivity index (χ1) is 9.83. The Hall–Kier alpha value is -1.30. The molecule has 1 atom stereocenters. The molecule has 1 aromatic heterocycles. The Morgan fingerprint density at radius 2 is 2.19 bits per heavy atom. The third-order valence-corrected chi connectivity index (χ3v) is 3.45. The van der Waals surface area contributed by atoms with Gasteiger partial charge in [-0.3, -0.25) is 4.98 Å². The van der Waals surface area contributed by atoms with Gasteiger partial charge in [-0.2, -0.15) is 0 Å². The van der Waals surface area contributed by atoms with Crippen LogP contribution in [0.5, 0.6) is 5.75 Å². The van der Waals surface area contributed by atoms with Gasteiger partial charge < -0.3 is 14.4 Å². The number of likely N-dealkylation sites (tertiary alicyclic amines) is 1. The Balaban J connectivity index is 1.93. The molecule has 5 nitrogen and oxygen atoms in total. The van der Waals surface area contributed by atoms with Crippen molar-refractivity contribution in [1.82, 2.24) is 9.88 Å². The monoisotopic (exact) mass is 356 g/mol. The maximum absolute atomic E-state index is 12.1. The van der Waals surface area contributed by atoms with Gasteiger partial charge in [0.1, 0.15) is 17.5 Å². The van der Waals surface area contributed by atoms with Crippen molar-refractivity contribution in [2.45, 2.75) is 45.3 Å². The Labute approximate surface area is 133 Å². The molecule has 1 aliphatic rings. The number of pyridine rings is 1. The van der Waals surface area contributed by atoms with Crippen LogP contribution in [0.4, 0.5) is 4.79 Å². The minimum Gasteiger partial charge on any atom is -0.487 e. The first-order valence-electron chi connectivity index (χ1n) is 7.08. The molecule has 0 saturated carbocycles. The molecule has 1 aliphatic heterocycles. The van der Waals surface area contributed by atoms with Gasteiger partial charge in [0, 0.05) is 17.2 Å². The molecule has 2 heterocycles. The normalized spacial score (nSPS) is 19.2. The Morgan fingerprint density at radius 1 is 1.43 bits per heavy atom. The first kappa shape index (κ1) is 16.1. The van der Waals surface area contributed by atoms with Crippen LogP contribution in [0, 0.1) is 0 Å². The minimum atomic E-state index is -0.473. The summed E-state index contributed by atoms with van der Waals surface area (Å²) < 4.78 is 12.2. The predicted octanol–water partition coefficient (Wildman–Crippen LogP) is 3.62. The van der Waals surface area contributed by atoms with Gasteiger partial charge in [0.15, 0.2) is 0 Å². The molecule has 0 radical (unpaired) electrons. The minimum absolute atomic E-state index is 0.0256. The van der Waals surface area contributed by atoms with E-state index >= 15 is 0 Å². The number of aromatic nitrogens is 1. The third kappa shape index (κ3) is 5.19. The highest BCUT2D eigenvalue weighted by molar-refractivity contribution is 9.10. The van der Waals surface area contributed by atoms with E-state index in [0.717, 1.165) is 17.3 Å². The third-order valence-electron chi connectivity index (χ3n) is 3.01. The number of halogens is 1. The molecule has 116 valence electrons. The van der Waals surface area contributed by atoms with Crippen LogP contribution in [0.25, 0.3) is 0 Å². The molecule has 6 heteroatoms. The fourth-order valence-corrected chi connectivity index (χ4v) is 2.52. The van der Waals surface area contributed by atoms with Gasteiger partial charge in [-0.15, -0.1) is 0 Å². The van der Waals surface area contributed by atoms with E-state index in [1.807, 2.05) is 26.8 Å². The van der Waals surface area contributed by atoms with Gasteiger partial charge in [-0.1, -0.05) is 0 Å². The van der Waals surface area contributed by atoms with E-state index in [9.17, 15) is 4.79 Å². The lowest BCUT2D eigenvalue weighted by Gasteiger charge is -2.34. The molecule has 1 aromatic rings. The molecule has 21 heavy (non-hydrogen) atoms. The van der Waals surface area contributed by atoms with Crippen molar-refractivity contribution in [2.75, 3.05) is 13.1 Å². The summed E-state index contributed by atoms with van der Waals surface area (Å²) in [7, 11) is 0. The van der Waals surface area contributed by atoms with Crippen molar-refractivity contribution < 1.29 is 14.3 Å². The van der Waals surface area contributed by atoms with Crippen molar-refractivity contribution in [1.29, 1.82) is 0 Å². The maximum atomic E-state index is 12.1. The van der Waals surface area contributed by atoms with E-state index in [2.05, 4.69) is 20.9 Å². The molecule has 1 fully saturated rings. The molecule has 0 spiro atoms. The first-order valence-corrected chi connectivity index (χ1v) is 7.88. The van der Waals surface area contributed by atoms with Crippen LogP contribution in [0.3, 0.4) is 0 Å². The van der Waals surface area contributed by atoms with E-state index in [0.29, 0.717) is 18.8 Å². The van der Waals surface area contributed by atoms with Gasteiger partial charge in [0.05, 0.1) is 12.7 Å². The van der Waals surface area contributed by atoms with Crippen molar-refractivity contribution in [3.63, 3.8) is 0 Å². The lowest BCUT2D eigenvalue weighted by Crippen LogP contribution is -2.46. The lowest BCUT2D eigenvalue weighted by molar-refractivity contribution is 0.00772. The average molecular weight is 357 g/mol. The number of nitrogens with zero attached hydrogens (tertiary/aromatic N) is 2. The number of piperidine rings is 1. The molecular weight excluding hydrogens is 336 g/mol. The zero-order chi connectivity index (χ0) is 15.5. The Bertz CT molecular complexity index is 502. The van der Waals surface area contributed by atoms with Gasteiger partial charge in [0.25, 0.3) is 0 Å². The van der Waals surface area contributed by atoms with Gasteiger partial charge in [-0.25, -0.2) is 4.79 Å². The average Bonchev–Trinajstić information content (AvgIpc) is 2.37. The topological polar surface area (TPSA) is 51.7 Å². The molecule has 2 rings (SSSR count). The zero-order valence-electron chi connectivity index (χ0n) is 12.6. The molecule has 0 aromatic carbocycles. The molecule has 0 aliphatic carbocycles. The number of amides is 1. The van der Waals surface area contributed by atoms with E-state index in [1.54, 1.807) is 17.3 Å². The smallest absolute Gasteiger partial charge is 0.410 e. The molecule has 1 saturated heterocycles. The highest BCUT2D eigenvalue weighted by atomic mass is 79.9. The molecule has 0 unspecified atom stereocenters. The fourth-order valence-electron chi connectivity index (χ4n) is 2.18. The SMILES string of the molecule is CC(C)(C)OC(=O)N1CCC[C@H](Oc2cncc(Br)c2)C1. The highest BCUT2D eigenvalue weighted by Gasteiger charge is 2.28. The Morgan fingerprint density at radius 3 is 2.86 bits per heavy atom. The number of ether oxygens (including phenoxy) is 2. The predicted molar refractivity (Wildman–Crippen MR) is 83.4 cm³/mol. The highest BCUT2D eigenvalue weighted by Crippen LogP contribution is 2.22. The maximum Gasteiger partial charge on any atom is 0.410 e. The van der Waals surface area contributed by atoms with Crippen LogP contribution in [0.1, 0.15) is 33.6 Å². The van der Waals surface area contributed by atoms with Gasteiger partial charge in [0.2, 0.25) is 0 Å². The van der Waals surface area contributed by atoms with Crippen LogP contribution in [-0.2, 0) is 4.74 Å². The zero-order valence-corrected chi connectivity index (χ0v) is 14.2. The second-order valence-electron chi connectivity index (χ2n) is 6.15. The number of carbonyl (C=O) groups excluding carboxylic acids is 1. The summed E-state index contributed by atoms with van der Waals surface area (Å²) in [5, 5.41) is 0. The van der Waals surface area contributed by atoms with E-state index in [4.69, 9.17) is 9.47 Å². The summed E-state index contributed by atoms with van der Waals surface area (Å²) in [6, 6.07) is 1.87. The number of carbonyl (C=O) groups is 1. The summed E-state index contributed by atoms with van der Waals surface area (Å²) in [6.45, 7) is 6.87. The standard InChI is InChI=1S/C15H21BrN2O3/c1-15(2,3)21-14(19)18-6-4-5-12(10-18)20-13-7-11(16)8-17-9-13/h7-9,12H,4-6,10H2,1-3H3/t12-/m0/s1. The number of rotatable bonds is 2. The van der Waals surface area contributed by atoms with Crippen LogP contribution in [0.2, 0.25) is 0 Å². The summed E-state index contributed by atoms with van der Waals surface area (Å²) >= 11 is 3.37. The Kier molecular flexibility index (Phi) is 5.08. The van der Waals surface area contributed by atoms with Crippen molar-refractivity contribution >= 4 is 22.0 Å². The van der Waals surface area contributed by atoms with Crippen molar-refractivity contribution in [3.05, 3.63) is 22.9 Å². The van der Waals surface area contributed by atoms with Crippen LogP contribution < -0.4 is 4.74 Å². The molecule has 1 amide bonds.